The molecule has 0 unspecified atom stereocenters. The lowest BCUT2D eigenvalue weighted by Gasteiger charge is -2.51. The zero-order valence-electron chi connectivity index (χ0n) is 16.7. The summed E-state index contributed by atoms with van der Waals surface area (Å²) in [7, 11) is 1.11. The molecule has 0 bridgehead atoms. The lowest BCUT2D eigenvalue weighted by Crippen LogP contribution is -2.65. The molecule has 0 saturated carbocycles. The molecule has 2 aliphatic rings. The maximum atomic E-state index is 7.09. The normalized spacial score (nSPS) is 33.1. The summed E-state index contributed by atoms with van der Waals surface area (Å²) in [6, 6.07) is -0.262. The van der Waals surface area contributed by atoms with E-state index in [-0.39, 0.29) is 18.2 Å². The molecule has 2 fully saturated rings. The van der Waals surface area contributed by atoms with E-state index in [1.54, 1.807) is 0 Å². The van der Waals surface area contributed by atoms with Gasteiger partial charge in [0.1, 0.15) is 14.0 Å². The Morgan fingerprint density at radius 1 is 0.792 bits per heavy atom. The summed E-state index contributed by atoms with van der Waals surface area (Å²) < 4.78 is 26.4. The first-order valence-electron chi connectivity index (χ1n) is 9.48. The van der Waals surface area contributed by atoms with Gasteiger partial charge in [-0.1, -0.05) is 55.4 Å². The van der Waals surface area contributed by atoms with Crippen LogP contribution in [0, 0.1) is 0 Å². The predicted octanol–water partition coefficient (Wildman–Crippen LogP) is 4.23. The largest absolute Gasteiger partial charge is 0.414 e. The van der Waals surface area contributed by atoms with Crippen LogP contribution in [0.5, 0.6) is 0 Å². The van der Waals surface area contributed by atoms with E-state index >= 15 is 0 Å². The van der Waals surface area contributed by atoms with Gasteiger partial charge in [-0.2, -0.15) is 0 Å². The van der Waals surface area contributed by atoms with Crippen LogP contribution in [0.3, 0.4) is 0 Å². The van der Waals surface area contributed by atoms with Crippen LogP contribution in [0.4, 0.5) is 0 Å². The quantitative estimate of drug-likeness (QED) is 0.694. The summed E-state index contributed by atoms with van der Waals surface area (Å²) in [5, 5.41) is 0. The Balaban J connectivity index is 2.49. The van der Waals surface area contributed by atoms with Gasteiger partial charge in [0, 0.05) is 6.00 Å². The van der Waals surface area contributed by atoms with Gasteiger partial charge < -0.3 is 17.7 Å². The third-order valence-corrected chi connectivity index (χ3v) is 15.9. The van der Waals surface area contributed by atoms with E-state index in [2.05, 4.69) is 55.4 Å². The molecule has 0 spiro atoms. The third-order valence-electron chi connectivity index (χ3n) is 5.58. The Morgan fingerprint density at radius 2 is 1.29 bits per heavy atom. The van der Waals surface area contributed by atoms with E-state index in [9.17, 15) is 0 Å². The van der Waals surface area contributed by atoms with Crippen LogP contribution in [-0.2, 0) is 17.7 Å². The molecule has 0 aliphatic carbocycles. The molecule has 2 aliphatic heterocycles. The molecule has 2 radical (unpaired) electrons. The van der Waals surface area contributed by atoms with Gasteiger partial charge >= 0.3 is 17.1 Å². The van der Waals surface area contributed by atoms with Gasteiger partial charge in [0.25, 0.3) is 0 Å². The third kappa shape index (κ3) is 3.58. The van der Waals surface area contributed by atoms with Crippen molar-refractivity contribution >= 4 is 25.0 Å². The molecular weight excluding hydrogens is 335 g/mol. The van der Waals surface area contributed by atoms with Gasteiger partial charge in [0.05, 0.1) is 12.7 Å². The molecule has 3 atom stereocenters. The lowest BCUT2D eigenvalue weighted by atomic mass is 9.96. The summed E-state index contributed by atoms with van der Waals surface area (Å²) in [5.74, 6) is 0. The zero-order valence-corrected chi connectivity index (χ0v) is 18.7. The molecule has 0 aromatic carbocycles. The highest BCUT2D eigenvalue weighted by atomic mass is 28.5. The van der Waals surface area contributed by atoms with Crippen molar-refractivity contribution in [2.24, 2.45) is 0 Å². The van der Waals surface area contributed by atoms with Crippen LogP contribution in [-0.4, -0.2) is 49.8 Å². The van der Waals surface area contributed by atoms with E-state index in [0.29, 0.717) is 28.8 Å². The van der Waals surface area contributed by atoms with Crippen molar-refractivity contribution in [3.05, 3.63) is 0 Å². The second-order valence-corrected chi connectivity index (χ2v) is 17.4. The number of hydrogen-bond acceptors (Lipinski definition) is 4. The van der Waals surface area contributed by atoms with Gasteiger partial charge in [0.2, 0.25) is 0 Å². The highest BCUT2D eigenvalue weighted by molar-refractivity contribution is 6.83. The highest BCUT2D eigenvalue weighted by Gasteiger charge is 2.59. The van der Waals surface area contributed by atoms with Crippen molar-refractivity contribution in [2.45, 2.75) is 102 Å². The number of fused-ring (bicyclic) bond motifs is 1. The minimum Gasteiger partial charge on any atom is -0.414 e. The summed E-state index contributed by atoms with van der Waals surface area (Å²) in [5.41, 5.74) is 1.41. The van der Waals surface area contributed by atoms with Crippen LogP contribution in [0.1, 0.15) is 61.8 Å². The van der Waals surface area contributed by atoms with Gasteiger partial charge in [-0.15, -0.1) is 0 Å². The molecule has 0 N–H and O–H groups in total. The first-order valence-corrected chi connectivity index (χ1v) is 13.4. The monoisotopic (exact) mass is 370 g/mol. The van der Waals surface area contributed by atoms with Crippen molar-refractivity contribution in [1.82, 2.24) is 0 Å². The summed E-state index contributed by atoms with van der Waals surface area (Å²) >= 11 is 0. The summed E-state index contributed by atoms with van der Waals surface area (Å²) in [4.78, 5) is 0. The minimum atomic E-state index is -2.50. The SMILES string of the molecule is [B][C@H]1C[C@H]2O[Si](C(C)C)(C(C)C)O[Si](C(C)C)(C(C)C)OC[C@H]2O1. The van der Waals surface area contributed by atoms with Crippen molar-refractivity contribution in [1.29, 1.82) is 0 Å². The molecule has 2 saturated heterocycles. The van der Waals surface area contributed by atoms with Crippen LogP contribution in [0.15, 0.2) is 0 Å². The van der Waals surface area contributed by atoms with Crippen molar-refractivity contribution in [2.75, 3.05) is 6.61 Å². The van der Waals surface area contributed by atoms with Gasteiger partial charge in [-0.3, -0.25) is 0 Å². The molecule has 0 aromatic heterocycles. The fourth-order valence-corrected chi connectivity index (χ4v) is 15.4. The summed E-state index contributed by atoms with van der Waals surface area (Å²) in [6.45, 7) is 18.4. The fourth-order valence-electron chi connectivity index (χ4n) is 4.18. The minimum absolute atomic E-state index is 0.0113. The zero-order chi connectivity index (χ0) is 18.3. The van der Waals surface area contributed by atoms with Crippen molar-refractivity contribution in [3.8, 4) is 0 Å². The predicted molar refractivity (Wildman–Crippen MR) is 103 cm³/mol. The van der Waals surface area contributed by atoms with E-state index in [1.165, 1.54) is 0 Å². The number of rotatable bonds is 4. The molecule has 4 nitrogen and oxygen atoms in total. The Labute approximate surface area is 151 Å². The highest BCUT2D eigenvalue weighted by Crippen LogP contribution is 2.47. The van der Waals surface area contributed by atoms with Crippen molar-refractivity contribution in [3.63, 3.8) is 0 Å². The van der Waals surface area contributed by atoms with Crippen LogP contribution in [0.2, 0.25) is 22.2 Å². The Bertz CT molecular complexity index is 415. The van der Waals surface area contributed by atoms with Gasteiger partial charge in [0.15, 0.2) is 0 Å². The van der Waals surface area contributed by atoms with Gasteiger partial charge in [-0.05, 0) is 28.6 Å². The Morgan fingerprint density at radius 3 is 1.75 bits per heavy atom. The van der Waals surface area contributed by atoms with Crippen LogP contribution in [0.25, 0.3) is 0 Å². The maximum absolute atomic E-state index is 7.09. The molecule has 0 aromatic rings. The molecule has 0 amide bonds. The second-order valence-electron chi connectivity index (χ2n) is 8.58. The van der Waals surface area contributed by atoms with E-state index in [1.807, 2.05) is 0 Å². The topological polar surface area (TPSA) is 36.9 Å². The standard InChI is InChI=1S/C17H35BO4Si2/c1-11(2)23(12(3)4)19-10-16-15(9-17(18)20-16)21-24(22-23,13(5)6)14(7)8/h11-17H,9-10H2,1-8H3/t15-,16-,17-/m1/s1. The Hall–Kier alpha value is 0.339. The van der Waals surface area contributed by atoms with E-state index in [4.69, 9.17) is 25.6 Å². The molecule has 2 rings (SSSR count). The number of hydrogen-bond donors (Lipinski definition) is 0. The Kier molecular flexibility index (Phi) is 6.47. The molecule has 7 heteroatoms. The van der Waals surface area contributed by atoms with Crippen LogP contribution >= 0.6 is 0 Å². The van der Waals surface area contributed by atoms with Crippen molar-refractivity contribution < 1.29 is 17.7 Å². The van der Waals surface area contributed by atoms with Crippen LogP contribution < -0.4 is 0 Å². The fraction of sp³-hybridized carbons (Fsp3) is 1.00. The second kappa shape index (κ2) is 7.53. The summed E-state index contributed by atoms with van der Waals surface area (Å²) in [6.07, 6.45) is 0.643. The molecule has 138 valence electrons. The van der Waals surface area contributed by atoms with Gasteiger partial charge in [-0.25, -0.2) is 0 Å². The smallest absolute Gasteiger partial charge is 0.335 e. The molecule has 2 heterocycles. The lowest BCUT2D eigenvalue weighted by molar-refractivity contribution is -0.0252. The number of ether oxygens (including phenoxy) is 1. The first kappa shape index (κ1) is 20.6. The molecular formula is C17H35BO4Si2. The average molecular weight is 370 g/mol. The van der Waals surface area contributed by atoms with E-state index in [0.717, 1.165) is 6.42 Å². The average Bonchev–Trinajstić information content (AvgIpc) is 2.77. The van der Waals surface area contributed by atoms with E-state index < -0.39 is 17.1 Å². The maximum Gasteiger partial charge on any atom is 0.335 e. The molecule has 24 heavy (non-hydrogen) atoms. The first-order chi connectivity index (χ1) is 11.0.